The molecule has 2 atom stereocenters. The molecule has 2 aliphatic rings. The topological polar surface area (TPSA) is 135 Å². The number of primary sulfonamides is 1. The number of nitrogens with two attached hydrogens (primary N) is 1. The number of amides is 1. The second-order valence-electron chi connectivity index (χ2n) is 7.85. The van der Waals surface area contributed by atoms with Gasteiger partial charge in [-0.15, -0.1) is 0 Å². The SMILES string of the molecule is COc1cc(S(N)(=O)=O)ccc1C(=O)N1[C@@H]2CC[C@H]1CN(c1ncnc3[nH]ccc13)C2. The highest BCUT2D eigenvalue weighted by Gasteiger charge is 2.44. The minimum Gasteiger partial charge on any atom is -0.496 e. The lowest BCUT2D eigenvalue weighted by molar-refractivity contribution is 0.0637. The molecule has 0 aliphatic carbocycles. The molecule has 3 N–H and O–H groups in total. The molecule has 2 saturated heterocycles. The van der Waals surface area contributed by atoms with E-state index >= 15 is 0 Å². The van der Waals surface area contributed by atoms with Crippen LogP contribution in [-0.2, 0) is 10.0 Å². The fourth-order valence-corrected chi connectivity index (χ4v) is 5.21. The van der Waals surface area contributed by atoms with Crippen molar-refractivity contribution in [2.24, 2.45) is 5.14 Å². The second kappa shape index (κ2) is 7.20. The molecule has 162 valence electrons. The summed E-state index contributed by atoms with van der Waals surface area (Å²) in [5.74, 6) is 0.896. The lowest BCUT2D eigenvalue weighted by Gasteiger charge is -2.41. The van der Waals surface area contributed by atoms with Crippen LogP contribution in [0.5, 0.6) is 5.75 Å². The molecule has 2 fully saturated rings. The summed E-state index contributed by atoms with van der Waals surface area (Å²) in [4.78, 5) is 29.3. The molecule has 0 spiro atoms. The number of sulfonamides is 1. The Kier molecular flexibility index (Phi) is 4.59. The number of hydrogen-bond acceptors (Lipinski definition) is 7. The van der Waals surface area contributed by atoms with Crippen LogP contribution in [0.4, 0.5) is 5.82 Å². The number of aromatic nitrogens is 3. The molecule has 3 aromatic rings. The summed E-state index contributed by atoms with van der Waals surface area (Å²) in [6, 6.07) is 6.12. The smallest absolute Gasteiger partial charge is 0.258 e. The van der Waals surface area contributed by atoms with E-state index in [-0.39, 0.29) is 28.6 Å². The van der Waals surface area contributed by atoms with E-state index in [0.717, 1.165) is 29.7 Å². The van der Waals surface area contributed by atoms with Crippen LogP contribution in [0, 0.1) is 0 Å². The van der Waals surface area contributed by atoms with Crippen molar-refractivity contribution in [3.8, 4) is 5.75 Å². The van der Waals surface area contributed by atoms with Crippen molar-refractivity contribution < 1.29 is 17.9 Å². The van der Waals surface area contributed by atoms with Gasteiger partial charge in [0.25, 0.3) is 5.91 Å². The number of rotatable bonds is 4. The number of piperazine rings is 1. The van der Waals surface area contributed by atoms with Crippen molar-refractivity contribution in [1.82, 2.24) is 19.9 Å². The van der Waals surface area contributed by atoms with Gasteiger partial charge in [-0.05, 0) is 31.0 Å². The summed E-state index contributed by atoms with van der Waals surface area (Å²) in [6.07, 6.45) is 5.18. The third kappa shape index (κ3) is 3.29. The molecule has 2 bridgehead atoms. The highest BCUT2D eigenvalue weighted by molar-refractivity contribution is 7.89. The Bertz CT molecular complexity index is 1260. The largest absolute Gasteiger partial charge is 0.496 e. The first-order valence-electron chi connectivity index (χ1n) is 9.93. The Morgan fingerprint density at radius 1 is 1.19 bits per heavy atom. The number of aromatic amines is 1. The summed E-state index contributed by atoms with van der Waals surface area (Å²) in [5, 5.41) is 6.17. The number of carbonyl (C=O) groups excluding carboxylic acids is 1. The number of H-pyrrole nitrogens is 1. The van der Waals surface area contributed by atoms with E-state index in [2.05, 4.69) is 19.9 Å². The molecule has 10 nitrogen and oxygen atoms in total. The van der Waals surface area contributed by atoms with Gasteiger partial charge in [-0.25, -0.2) is 23.5 Å². The van der Waals surface area contributed by atoms with Gasteiger partial charge in [-0.1, -0.05) is 0 Å². The number of hydrogen-bond donors (Lipinski definition) is 2. The summed E-state index contributed by atoms with van der Waals surface area (Å²) in [6.45, 7) is 1.33. The summed E-state index contributed by atoms with van der Waals surface area (Å²) in [5.41, 5.74) is 1.12. The van der Waals surface area contributed by atoms with Gasteiger partial charge in [-0.2, -0.15) is 0 Å². The standard InChI is InChI=1S/C20H22N6O4S/c1-30-17-8-14(31(21,28)29)4-5-15(17)20(27)26-12-2-3-13(26)10-25(9-12)19-16-6-7-22-18(16)23-11-24-19/h4-8,11-13H,2-3,9-10H2,1H3,(H2,21,28,29)(H,22,23,24)/t12-,13+. The van der Waals surface area contributed by atoms with Crippen LogP contribution >= 0.6 is 0 Å². The predicted molar refractivity (Wildman–Crippen MR) is 113 cm³/mol. The predicted octanol–water partition coefficient (Wildman–Crippen LogP) is 1.11. The Balaban J connectivity index is 1.43. The average Bonchev–Trinajstić information content (AvgIpc) is 3.33. The molecule has 1 aromatic carbocycles. The molecule has 31 heavy (non-hydrogen) atoms. The van der Waals surface area contributed by atoms with Crippen LogP contribution in [0.15, 0.2) is 41.7 Å². The lowest BCUT2D eigenvalue weighted by Crippen LogP contribution is -2.56. The Morgan fingerprint density at radius 2 is 1.94 bits per heavy atom. The monoisotopic (exact) mass is 442 g/mol. The van der Waals surface area contributed by atoms with Gasteiger partial charge in [-0.3, -0.25) is 4.79 Å². The minimum atomic E-state index is -3.89. The summed E-state index contributed by atoms with van der Waals surface area (Å²) >= 11 is 0. The van der Waals surface area contributed by atoms with Gasteiger partial charge >= 0.3 is 0 Å². The molecular formula is C20H22N6O4S. The summed E-state index contributed by atoms with van der Waals surface area (Å²) in [7, 11) is -2.48. The van der Waals surface area contributed by atoms with Crippen molar-refractivity contribution >= 4 is 32.8 Å². The van der Waals surface area contributed by atoms with Crippen LogP contribution in [0.1, 0.15) is 23.2 Å². The number of methoxy groups -OCH3 is 1. The molecule has 5 rings (SSSR count). The molecule has 0 unspecified atom stereocenters. The van der Waals surface area contributed by atoms with Crippen LogP contribution in [0.2, 0.25) is 0 Å². The van der Waals surface area contributed by atoms with Crippen molar-refractivity contribution in [2.75, 3.05) is 25.1 Å². The van der Waals surface area contributed by atoms with Crippen LogP contribution in [0.3, 0.4) is 0 Å². The van der Waals surface area contributed by atoms with Gasteiger partial charge < -0.3 is 19.5 Å². The van der Waals surface area contributed by atoms with E-state index < -0.39 is 10.0 Å². The zero-order valence-corrected chi connectivity index (χ0v) is 17.7. The van der Waals surface area contributed by atoms with Gasteiger partial charge in [0.2, 0.25) is 10.0 Å². The molecule has 2 aliphatic heterocycles. The minimum absolute atomic E-state index is 0.0258. The van der Waals surface area contributed by atoms with Crippen LogP contribution in [0.25, 0.3) is 11.0 Å². The van der Waals surface area contributed by atoms with Crippen molar-refractivity contribution in [3.05, 3.63) is 42.4 Å². The zero-order valence-electron chi connectivity index (χ0n) is 16.9. The first-order chi connectivity index (χ1) is 14.9. The Labute approximate surface area is 179 Å². The number of nitrogens with zero attached hydrogens (tertiary/aromatic N) is 4. The second-order valence-corrected chi connectivity index (χ2v) is 9.41. The highest BCUT2D eigenvalue weighted by atomic mass is 32.2. The van der Waals surface area contributed by atoms with E-state index in [0.29, 0.717) is 18.7 Å². The maximum Gasteiger partial charge on any atom is 0.258 e. The Hall–Kier alpha value is -3.18. The third-order valence-electron chi connectivity index (χ3n) is 6.08. The first-order valence-corrected chi connectivity index (χ1v) is 11.5. The van der Waals surface area contributed by atoms with Crippen molar-refractivity contribution in [2.45, 2.75) is 29.8 Å². The van der Waals surface area contributed by atoms with E-state index in [1.54, 1.807) is 6.33 Å². The number of ether oxygens (including phenoxy) is 1. The van der Waals surface area contributed by atoms with Gasteiger partial charge in [0.15, 0.2) is 0 Å². The maximum atomic E-state index is 13.4. The van der Waals surface area contributed by atoms with Crippen molar-refractivity contribution in [3.63, 3.8) is 0 Å². The van der Waals surface area contributed by atoms with E-state index in [1.807, 2.05) is 17.2 Å². The normalized spacial score (nSPS) is 21.0. The maximum absolute atomic E-state index is 13.4. The van der Waals surface area contributed by atoms with Crippen LogP contribution in [-0.4, -0.2) is 66.5 Å². The molecule has 11 heteroatoms. The molecule has 0 saturated carbocycles. The number of benzene rings is 1. The van der Waals surface area contributed by atoms with Crippen molar-refractivity contribution in [1.29, 1.82) is 0 Å². The zero-order chi connectivity index (χ0) is 21.8. The molecular weight excluding hydrogens is 420 g/mol. The fraction of sp³-hybridized carbons (Fsp3) is 0.350. The number of carbonyl (C=O) groups is 1. The quantitative estimate of drug-likeness (QED) is 0.618. The summed E-state index contributed by atoms with van der Waals surface area (Å²) < 4.78 is 28.6. The number of fused-ring (bicyclic) bond motifs is 3. The fourth-order valence-electron chi connectivity index (χ4n) is 4.68. The van der Waals surface area contributed by atoms with Crippen LogP contribution < -0.4 is 14.8 Å². The van der Waals surface area contributed by atoms with E-state index in [4.69, 9.17) is 9.88 Å². The lowest BCUT2D eigenvalue weighted by atomic mass is 10.1. The molecule has 4 heterocycles. The highest BCUT2D eigenvalue weighted by Crippen LogP contribution is 2.36. The van der Waals surface area contributed by atoms with Gasteiger partial charge in [0.05, 0.1) is 35.0 Å². The molecule has 0 radical (unpaired) electrons. The Morgan fingerprint density at radius 3 is 2.61 bits per heavy atom. The van der Waals surface area contributed by atoms with Gasteiger partial charge in [0.1, 0.15) is 23.5 Å². The number of anilines is 1. The third-order valence-corrected chi connectivity index (χ3v) is 6.99. The van der Waals surface area contributed by atoms with Gasteiger partial charge in [0, 0.05) is 25.4 Å². The van der Waals surface area contributed by atoms with E-state index in [1.165, 1.54) is 25.3 Å². The average molecular weight is 443 g/mol. The number of nitrogens with one attached hydrogen (secondary N) is 1. The molecule has 1 amide bonds. The van der Waals surface area contributed by atoms with E-state index in [9.17, 15) is 13.2 Å². The molecule has 2 aromatic heterocycles. The first kappa shape index (κ1) is 19.8.